The third-order valence-corrected chi connectivity index (χ3v) is 6.41. The highest BCUT2D eigenvalue weighted by atomic mass is 16.7. The number of amides is 2. The van der Waals surface area contributed by atoms with Crippen LogP contribution in [0, 0.1) is 12.8 Å². The van der Waals surface area contributed by atoms with E-state index in [4.69, 9.17) is 9.47 Å². The van der Waals surface area contributed by atoms with Gasteiger partial charge in [-0.2, -0.15) is 0 Å². The van der Waals surface area contributed by atoms with E-state index < -0.39 is 0 Å². The molecule has 2 aromatic rings. The van der Waals surface area contributed by atoms with Crippen molar-refractivity contribution in [1.29, 1.82) is 0 Å². The second kappa shape index (κ2) is 8.23. The van der Waals surface area contributed by atoms with Crippen LogP contribution in [-0.4, -0.2) is 61.1 Å². The minimum atomic E-state index is -0.257. The largest absolute Gasteiger partial charge is 0.454 e. The van der Waals surface area contributed by atoms with E-state index in [9.17, 15) is 9.59 Å². The van der Waals surface area contributed by atoms with Gasteiger partial charge in [-0.1, -0.05) is 24.3 Å². The zero-order chi connectivity index (χ0) is 21.4. The zero-order valence-corrected chi connectivity index (χ0v) is 17.8. The molecule has 1 unspecified atom stereocenters. The summed E-state index contributed by atoms with van der Waals surface area (Å²) in [5.41, 5.74) is 3.15. The highest BCUT2D eigenvalue weighted by Gasteiger charge is 2.38. The Bertz CT molecular complexity index is 1000. The van der Waals surface area contributed by atoms with Gasteiger partial charge in [-0.05, 0) is 36.2 Å². The Hall–Kier alpha value is -3.06. The van der Waals surface area contributed by atoms with Gasteiger partial charge in [0.2, 0.25) is 18.6 Å². The molecule has 0 N–H and O–H groups in total. The summed E-state index contributed by atoms with van der Waals surface area (Å²) in [5, 5.41) is 0. The van der Waals surface area contributed by atoms with Crippen LogP contribution >= 0.6 is 0 Å². The summed E-state index contributed by atoms with van der Waals surface area (Å²) in [7, 11) is 0. The Balaban J connectivity index is 1.16. The average molecular weight is 421 g/mol. The fourth-order valence-corrected chi connectivity index (χ4v) is 4.65. The first-order chi connectivity index (χ1) is 15.1. The molecule has 0 bridgehead atoms. The van der Waals surface area contributed by atoms with Gasteiger partial charge in [0.1, 0.15) is 0 Å². The lowest BCUT2D eigenvalue weighted by atomic mass is 10.1. The highest BCUT2D eigenvalue weighted by molar-refractivity contribution is 6.00. The Kier molecular flexibility index (Phi) is 5.28. The zero-order valence-electron chi connectivity index (χ0n) is 17.8. The van der Waals surface area contributed by atoms with Crippen molar-refractivity contribution in [2.24, 2.45) is 5.92 Å². The number of piperazine rings is 1. The minimum absolute atomic E-state index is 0.0362. The van der Waals surface area contributed by atoms with E-state index in [0.29, 0.717) is 26.1 Å². The number of aryl methyl sites for hydroxylation is 1. The van der Waals surface area contributed by atoms with Crippen LogP contribution in [0.25, 0.3) is 0 Å². The number of hydrogen-bond donors (Lipinski definition) is 0. The number of hydrogen-bond acceptors (Lipinski definition) is 5. The van der Waals surface area contributed by atoms with E-state index in [2.05, 4.69) is 11.0 Å². The molecule has 0 aromatic heterocycles. The predicted molar refractivity (Wildman–Crippen MR) is 116 cm³/mol. The molecule has 1 atom stereocenters. The predicted octanol–water partition coefficient (Wildman–Crippen LogP) is 2.42. The molecule has 0 spiro atoms. The first kappa shape index (κ1) is 19.9. The van der Waals surface area contributed by atoms with Crippen LogP contribution in [-0.2, 0) is 16.1 Å². The van der Waals surface area contributed by atoms with Gasteiger partial charge < -0.3 is 19.3 Å². The molecule has 0 saturated carbocycles. The number of carbonyl (C=O) groups is 2. The second-order valence-electron chi connectivity index (χ2n) is 8.48. The maximum atomic E-state index is 13.1. The molecule has 3 aliphatic rings. The Morgan fingerprint density at radius 2 is 1.81 bits per heavy atom. The van der Waals surface area contributed by atoms with Crippen molar-refractivity contribution in [1.82, 2.24) is 9.80 Å². The molecule has 5 rings (SSSR count). The number of para-hydroxylation sites is 1. The smallest absolute Gasteiger partial charge is 0.231 e. The van der Waals surface area contributed by atoms with E-state index in [1.54, 1.807) is 4.90 Å². The molecule has 31 heavy (non-hydrogen) atoms. The average Bonchev–Trinajstić information content (AvgIpc) is 3.40. The molecule has 7 nitrogen and oxygen atoms in total. The summed E-state index contributed by atoms with van der Waals surface area (Å²) in [6, 6.07) is 13.9. The molecule has 3 heterocycles. The van der Waals surface area contributed by atoms with Crippen molar-refractivity contribution >= 4 is 17.5 Å². The van der Waals surface area contributed by atoms with E-state index in [1.807, 2.05) is 48.2 Å². The molecule has 7 heteroatoms. The highest BCUT2D eigenvalue weighted by Crippen LogP contribution is 2.33. The van der Waals surface area contributed by atoms with Gasteiger partial charge in [0.25, 0.3) is 0 Å². The third-order valence-electron chi connectivity index (χ3n) is 6.41. The van der Waals surface area contributed by atoms with Gasteiger partial charge in [0.15, 0.2) is 11.5 Å². The van der Waals surface area contributed by atoms with Crippen molar-refractivity contribution in [2.75, 3.05) is 44.4 Å². The van der Waals surface area contributed by atoms with Crippen molar-refractivity contribution in [3.05, 3.63) is 53.6 Å². The Morgan fingerprint density at radius 1 is 1.03 bits per heavy atom. The summed E-state index contributed by atoms with van der Waals surface area (Å²) >= 11 is 0. The number of anilines is 1. The summed E-state index contributed by atoms with van der Waals surface area (Å²) in [6.45, 7) is 6.60. The summed E-state index contributed by atoms with van der Waals surface area (Å²) < 4.78 is 10.8. The molecule has 3 aliphatic heterocycles. The van der Waals surface area contributed by atoms with Crippen LogP contribution < -0.4 is 14.4 Å². The van der Waals surface area contributed by atoms with Crippen LogP contribution in [0.3, 0.4) is 0 Å². The maximum Gasteiger partial charge on any atom is 0.231 e. The van der Waals surface area contributed by atoms with Gasteiger partial charge >= 0.3 is 0 Å². The van der Waals surface area contributed by atoms with Crippen molar-refractivity contribution in [2.45, 2.75) is 19.9 Å². The van der Waals surface area contributed by atoms with E-state index in [0.717, 1.165) is 42.4 Å². The fourth-order valence-electron chi connectivity index (χ4n) is 4.65. The standard InChI is InChI=1S/C24H27N3O4/c1-17-4-2-3-5-20(17)27-15-19(13-23(27)28)24(29)26-10-8-25(9-11-26)14-18-6-7-21-22(12-18)31-16-30-21/h2-7,12,19H,8-11,13-16H2,1H3. The minimum Gasteiger partial charge on any atom is -0.454 e. The van der Waals surface area contributed by atoms with Crippen molar-refractivity contribution in [3.63, 3.8) is 0 Å². The Morgan fingerprint density at radius 3 is 2.61 bits per heavy atom. The van der Waals surface area contributed by atoms with Gasteiger partial charge in [-0.3, -0.25) is 14.5 Å². The van der Waals surface area contributed by atoms with Crippen molar-refractivity contribution < 1.29 is 19.1 Å². The van der Waals surface area contributed by atoms with Gasteiger partial charge in [0, 0.05) is 51.4 Å². The van der Waals surface area contributed by atoms with E-state index in [1.165, 1.54) is 5.56 Å². The summed E-state index contributed by atoms with van der Waals surface area (Å²) in [5.74, 6) is 1.48. The van der Waals surface area contributed by atoms with E-state index >= 15 is 0 Å². The quantitative estimate of drug-likeness (QED) is 0.759. The van der Waals surface area contributed by atoms with Crippen LogP contribution in [0.15, 0.2) is 42.5 Å². The fraction of sp³-hybridized carbons (Fsp3) is 0.417. The van der Waals surface area contributed by atoms with Gasteiger partial charge in [-0.25, -0.2) is 0 Å². The molecule has 162 valence electrons. The van der Waals surface area contributed by atoms with Gasteiger partial charge in [0.05, 0.1) is 5.92 Å². The first-order valence-electron chi connectivity index (χ1n) is 10.8. The molecule has 0 radical (unpaired) electrons. The van der Waals surface area contributed by atoms with Crippen LogP contribution in [0.1, 0.15) is 17.5 Å². The molecule has 2 aromatic carbocycles. The third kappa shape index (κ3) is 3.97. The number of fused-ring (bicyclic) bond motifs is 1. The van der Waals surface area contributed by atoms with Crippen molar-refractivity contribution in [3.8, 4) is 11.5 Å². The number of nitrogens with zero attached hydrogens (tertiary/aromatic N) is 3. The number of benzene rings is 2. The number of carbonyl (C=O) groups excluding carboxylic acids is 2. The van der Waals surface area contributed by atoms with E-state index in [-0.39, 0.29) is 24.5 Å². The molecule has 0 aliphatic carbocycles. The first-order valence-corrected chi connectivity index (χ1v) is 10.8. The lowest BCUT2D eigenvalue weighted by Crippen LogP contribution is -2.50. The molecular formula is C24H27N3O4. The SMILES string of the molecule is Cc1ccccc1N1CC(C(=O)N2CCN(Cc3ccc4c(c3)OCO4)CC2)CC1=O. The number of rotatable bonds is 4. The van der Waals surface area contributed by atoms with Crippen LogP contribution in [0.4, 0.5) is 5.69 Å². The van der Waals surface area contributed by atoms with Gasteiger partial charge in [-0.15, -0.1) is 0 Å². The van der Waals surface area contributed by atoms with Crippen LogP contribution in [0.2, 0.25) is 0 Å². The molecule has 2 amide bonds. The lowest BCUT2D eigenvalue weighted by Gasteiger charge is -2.36. The number of ether oxygens (including phenoxy) is 2. The molecular weight excluding hydrogens is 394 g/mol. The Labute approximate surface area is 182 Å². The monoisotopic (exact) mass is 421 g/mol. The topological polar surface area (TPSA) is 62.3 Å². The maximum absolute atomic E-state index is 13.1. The lowest BCUT2D eigenvalue weighted by molar-refractivity contribution is -0.137. The molecule has 2 saturated heterocycles. The van der Waals surface area contributed by atoms with Crippen LogP contribution in [0.5, 0.6) is 11.5 Å². The summed E-state index contributed by atoms with van der Waals surface area (Å²) in [6.07, 6.45) is 0.296. The normalized spacial score (nSPS) is 21.1. The molecule has 2 fully saturated rings. The summed E-state index contributed by atoms with van der Waals surface area (Å²) in [4.78, 5) is 31.7. The second-order valence-corrected chi connectivity index (χ2v) is 8.48.